The number of likely N-dealkylation sites (N-methyl/N-ethyl adjacent to an activating group) is 1. The molecule has 8 nitrogen and oxygen atoms in total. The van der Waals surface area contributed by atoms with Gasteiger partial charge in [-0.05, 0) is 57.0 Å². The van der Waals surface area contributed by atoms with Crippen molar-refractivity contribution in [3.8, 4) is 11.5 Å². The van der Waals surface area contributed by atoms with Crippen LogP contribution in [0.5, 0.6) is 11.5 Å². The molecule has 0 N–H and O–H groups in total. The van der Waals surface area contributed by atoms with Gasteiger partial charge in [-0.25, -0.2) is 4.79 Å². The van der Waals surface area contributed by atoms with Crippen molar-refractivity contribution >= 4 is 12.1 Å². The van der Waals surface area contributed by atoms with Crippen molar-refractivity contribution in [2.75, 3.05) is 33.5 Å². The number of esters is 1. The Morgan fingerprint density at radius 2 is 1.86 bits per heavy atom. The molecule has 2 aliphatic heterocycles. The highest BCUT2D eigenvalue weighted by molar-refractivity contribution is 5.71. The zero-order valence-corrected chi connectivity index (χ0v) is 17.4. The van der Waals surface area contributed by atoms with Gasteiger partial charge in [-0.3, -0.25) is 4.79 Å². The average Bonchev–Trinajstić information content (AvgIpc) is 3.36. The molecule has 1 saturated heterocycles. The molecule has 0 bridgehead atoms. The smallest absolute Gasteiger partial charge is 0.412 e. The van der Waals surface area contributed by atoms with E-state index < -0.39 is 12.4 Å². The fourth-order valence-electron chi connectivity index (χ4n) is 3.47. The minimum atomic E-state index is -0.922. The lowest BCUT2D eigenvalue weighted by Gasteiger charge is -2.26. The molecule has 29 heavy (non-hydrogen) atoms. The molecule has 0 aromatic heterocycles. The van der Waals surface area contributed by atoms with Crippen molar-refractivity contribution in [1.29, 1.82) is 0 Å². The number of carbonyl (C=O) groups excluding carboxylic acids is 2. The van der Waals surface area contributed by atoms with Gasteiger partial charge in [0.1, 0.15) is 0 Å². The maximum Gasteiger partial charge on any atom is 0.412 e. The van der Waals surface area contributed by atoms with Crippen LogP contribution in [0.4, 0.5) is 4.79 Å². The maximum atomic E-state index is 12.4. The third kappa shape index (κ3) is 6.00. The first-order valence-corrected chi connectivity index (χ1v) is 10.2. The van der Waals surface area contributed by atoms with Crippen LogP contribution in [0.3, 0.4) is 0 Å². The number of likely N-dealkylation sites (tertiary alicyclic amines) is 1. The summed E-state index contributed by atoms with van der Waals surface area (Å²) in [7, 11) is 1.67. The first kappa shape index (κ1) is 21.2. The molecule has 1 amide bonds. The zero-order valence-electron chi connectivity index (χ0n) is 17.4. The molecule has 2 aliphatic rings. The van der Waals surface area contributed by atoms with Gasteiger partial charge in [-0.2, -0.15) is 0 Å². The third-order valence-corrected chi connectivity index (χ3v) is 5.31. The number of amides is 1. The molecule has 0 aliphatic carbocycles. The van der Waals surface area contributed by atoms with Crippen LogP contribution < -0.4 is 9.47 Å². The monoisotopic (exact) mass is 406 g/mol. The molecule has 3 rings (SSSR count). The molecule has 1 aromatic carbocycles. The molecule has 2 atom stereocenters. The molecular weight excluding hydrogens is 376 g/mol. The van der Waals surface area contributed by atoms with Crippen LogP contribution >= 0.6 is 0 Å². The summed E-state index contributed by atoms with van der Waals surface area (Å²) in [4.78, 5) is 28.1. The number of hydrogen-bond acceptors (Lipinski definition) is 7. The Morgan fingerprint density at radius 3 is 2.62 bits per heavy atom. The summed E-state index contributed by atoms with van der Waals surface area (Å²) in [5.74, 6) is 1.09. The number of benzene rings is 1. The lowest BCUT2D eigenvalue weighted by atomic mass is 10.1. The summed E-state index contributed by atoms with van der Waals surface area (Å²) in [5.41, 5.74) is 1.03. The SMILES string of the molecule is CC(OC(=O)CCN1CCCC1)OC(=O)N(C)C(C)Cc1ccc2c(c1)OCO2. The molecule has 160 valence electrons. The van der Waals surface area contributed by atoms with Gasteiger partial charge in [-0.15, -0.1) is 0 Å². The van der Waals surface area contributed by atoms with Gasteiger partial charge < -0.3 is 28.7 Å². The van der Waals surface area contributed by atoms with Gasteiger partial charge in [-0.1, -0.05) is 6.07 Å². The summed E-state index contributed by atoms with van der Waals surface area (Å²) in [6.45, 7) is 6.47. The third-order valence-electron chi connectivity index (χ3n) is 5.31. The number of rotatable bonds is 8. The van der Waals surface area contributed by atoms with Crippen molar-refractivity contribution in [1.82, 2.24) is 9.80 Å². The Hall–Kier alpha value is -2.48. The second-order valence-corrected chi connectivity index (χ2v) is 7.59. The van der Waals surface area contributed by atoms with Crippen LogP contribution in [0.15, 0.2) is 18.2 Å². The van der Waals surface area contributed by atoms with Gasteiger partial charge in [0.05, 0.1) is 6.42 Å². The Bertz CT molecular complexity index is 719. The zero-order chi connectivity index (χ0) is 20.8. The molecule has 2 unspecified atom stereocenters. The minimum absolute atomic E-state index is 0.110. The predicted octanol–water partition coefficient (Wildman–Crippen LogP) is 2.79. The molecule has 1 aromatic rings. The van der Waals surface area contributed by atoms with Crippen molar-refractivity contribution in [3.63, 3.8) is 0 Å². The number of hydrogen-bond donors (Lipinski definition) is 0. The number of fused-ring (bicyclic) bond motifs is 1. The quantitative estimate of drug-likeness (QED) is 0.485. The number of carbonyl (C=O) groups is 2. The van der Waals surface area contributed by atoms with E-state index in [1.54, 1.807) is 14.0 Å². The van der Waals surface area contributed by atoms with Gasteiger partial charge >= 0.3 is 12.1 Å². The Labute approximate surface area is 171 Å². The largest absolute Gasteiger partial charge is 0.454 e. The van der Waals surface area contributed by atoms with Crippen molar-refractivity contribution in [2.45, 2.75) is 51.9 Å². The minimum Gasteiger partial charge on any atom is -0.454 e. The predicted molar refractivity (Wildman–Crippen MR) is 106 cm³/mol. The van der Waals surface area contributed by atoms with Crippen LogP contribution in [0, 0.1) is 0 Å². The Kier molecular flexibility index (Phi) is 7.19. The average molecular weight is 406 g/mol. The second-order valence-electron chi connectivity index (χ2n) is 7.59. The lowest BCUT2D eigenvalue weighted by Crippen LogP contribution is -2.39. The molecule has 1 fully saturated rings. The van der Waals surface area contributed by atoms with E-state index in [0.29, 0.717) is 19.4 Å². The van der Waals surface area contributed by atoms with E-state index in [4.69, 9.17) is 18.9 Å². The topological polar surface area (TPSA) is 77.5 Å². The molecule has 8 heteroatoms. The highest BCUT2D eigenvalue weighted by atomic mass is 16.7. The van der Waals surface area contributed by atoms with E-state index in [1.807, 2.05) is 25.1 Å². The summed E-state index contributed by atoms with van der Waals surface area (Å²) >= 11 is 0. The first-order chi connectivity index (χ1) is 13.9. The van der Waals surface area contributed by atoms with Gasteiger partial charge in [0.15, 0.2) is 11.5 Å². The van der Waals surface area contributed by atoms with Gasteiger partial charge in [0.25, 0.3) is 0 Å². The van der Waals surface area contributed by atoms with E-state index in [9.17, 15) is 9.59 Å². The summed E-state index contributed by atoms with van der Waals surface area (Å²) in [6.07, 6.45) is 1.84. The molecule has 2 heterocycles. The Balaban J connectivity index is 1.40. The Morgan fingerprint density at radius 1 is 1.14 bits per heavy atom. The highest BCUT2D eigenvalue weighted by Gasteiger charge is 2.23. The summed E-state index contributed by atoms with van der Waals surface area (Å²) < 4.78 is 21.2. The fraction of sp³-hybridized carbons (Fsp3) is 0.619. The van der Waals surface area contributed by atoms with Crippen molar-refractivity contribution in [3.05, 3.63) is 23.8 Å². The van der Waals surface area contributed by atoms with Crippen LogP contribution in [0.25, 0.3) is 0 Å². The first-order valence-electron chi connectivity index (χ1n) is 10.2. The second kappa shape index (κ2) is 9.82. The van der Waals surface area contributed by atoms with Gasteiger partial charge in [0.2, 0.25) is 13.1 Å². The molecular formula is C21H30N2O6. The molecule has 0 spiro atoms. The lowest BCUT2D eigenvalue weighted by molar-refractivity contribution is -0.166. The fourth-order valence-corrected chi connectivity index (χ4v) is 3.47. The summed E-state index contributed by atoms with van der Waals surface area (Å²) in [5, 5.41) is 0. The standard InChI is InChI=1S/C21H30N2O6/c1-15(12-17-6-7-18-19(13-17)27-14-26-18)22(3)21(25)29-16(2)28-20(24)8-11-23-9-4-5-10-23/h6-7,13,15-16H,4-5,8-12,14H2,1-3H3. The van der Waals surface area contributed by atoms with Crippen LogP contribution in [-0.4, -0.2) is 67.7 Å². The number of ether oxygens (including phenoxy) is 4. The normalized spacial score (nSPS) is 17.6. The number of nitrogens with zero attached hydrogens (tertiary/aromatic N) is 2. The van der Waals surface area contributed by atoms with Crippen molar-refractivity contribution < 1.29 is 28.5 Å². The van der Waals surface area contributed by atoms with E-state index in [0.717, 1.165) is 30.2 Å². The highest BCUT2D eigenvalue weighted by Crippen LogP contribution is 2.33. The van der Waals surface area contributed by atoms with E-state index in [-0.39, 0.29) is 18.8 Å². The maximum absolute atomic E-state index is 12.4. The van der Waals surface area contributed by atoms with E-state index in [1.165, 1.54) is 17.7 Å². The molecule has 0 saturated carbocycles. The van der Waals surface area contributed by atoms with Gasteiger partial charge in [0, 0.05) is 26.6 Å². The van der Waals surface area contributed by atoms with Crippen LogP contribution in [0.1, 0.15) is 38.7 Å². The van der Waals surface area contributed by atoms with Crippen molar-refractivity contribution in [2.24, 2.45) is 0 Å². The van der Waals surface area contributed by atoms with E-state index in [2.05, 4.69) is 4.90 Å². The van der Waals surface area contributed by atoms with E-state index >= 15 is 0 Å². The summed E-state index contributed by atoms with van der Waals surface area (Å²) in [6, 6.07) is 5.63. The van der Waals surface area contributed by atoms with Crippen LogP contribution in [0.2, 0.25) is 0 Å². The molecule has 0 radical (unpaired) electrons. The van der Waals surface area contributed by atoms with Crippen LogP contribution in [-0.2, 0) is 20.7 Å².